The van der Waals surface area contributed by atoms with Crippen molar-refractivity contribution in [1.82, 2.24) is 15.1 Å². The largest absolute Gasteiger partial charge is 0.369 e. The van der Waals surface area contributed by atoms with E-state index in [2.05, 4.69) is 31.4 Å². The number of nitrogens with zero attached hydrogens (tertiary/aromatic N) is 3. The molecule has 0 saturated carbocycles. The summed E-state index contributed by atoms with van der Waals surface area (Å²) in [5.74, 6) is -0.00112. The monoisotopic (exact) mass is 361 g/mol. The molecule has 0 atom stereocenters. The number of aryl methyl sites for hydroxylation is 2. The summed E-state index contributed by atoms with van der Waals surface area (Å²) in [4.78, 5) is 16.9. The van der Waals surface area contributed by atoms with Gasteiger partial charge in [0.2, 0.25) is 5.91 Å². The van der Waals surface area contributed by atoms with E-state index in [0.717, 1.165) is 60.4 Å². The Morgan fingerprint density at radius 2 is 2.04 bits per heavy atom. The standard InChI is InChI=1S/C18H24ClN5O/c1-13-18(14(2)22-21-13)20-17(25)12-23-8-5-9-24(11-10-23)16-7-4-3-6-15(16)19/h3-4,6-7H,5,8-12H2,1-2H3,(H,20,25)(H,21,22). The fraction of sp³-hybridized carbons (Fsp3) is 0.444. The third-order valence-corrected chi connectivity index (χ3v) is 4.86. The van der Waals surface area contributed by atoms with E-state index >= 15 is 0 Å². The van der Waals surface area contributed by atoms with E-state index < -0.39 is 0 Å². The Morgan fingerprint density at radius 3 is 2.76 bits per heavy atom. The molecule has 1 amide bonds. The molecule has 1 aromatic heterocycles. The highest BCUT2D eigenvalue weighted by Gasteiger charge is 2.19. The van der Waals surface area contributed by atoms with Gasteiger partial charge in [-0.2, -0.15) is 5.10 Å². The zero-order valence-electron chi connectivity index (χ0n) is 14.7. The fourth-order valence-corrected chi connectivity index (χ4v) is 3.45. The van der Waals surface area contributed by atoms with Gasteiger partial charge in [0.15, 0.2) is 0 Å². The number of amides is 1. The Morgan fingerprint density at radius 1 is 1.24 bits per heavy atom. The maximum Gasteiger partial charge on any atom is 0.238 e. The van der Waals surface area contributed by atoms with E-state index in [4.69, 9.17) is 11.6 Å². The lowest BCUT2D eigenvalue weighted by Gasteiger charge is -2.24. The van der Waals surface area contributed by atoms with Crippen molar-refractivity contribution in [3.05, 3.63) is 40.7 Å². The van der Waals surface area contributed by atoms with E-state index in [1.54, 1.807) is 0 Å². The lowest BCUT2D eigenvalue weighted by molar-refractivity contribution is -0.117. The highest BCUT2D eigenvalue weighted by atomic mass is 35.5. The summed E-state index contributed by atoms with van der Waals surface area (Å²) >= 11 is 6.31. The van der Waals surface area contributed by atoms with Crippen molar-refractivity contribution in [2.75, 3.05) is 42.9 Å². The number of carbonyl (C=O) groups excluding carboxylic acids is 1. The van der Waals surface area contributed by atoms with Crippen molar-refractivity contribution in [3.63, 3.8) is 0 Å². The summed E-state index contributed by atoms with van der Waals surface area (Å²) in [6, 6.07) is 7.92. The number of aromatic nitrogens is 2. The van der Waals surface area contributed by atoms with Crippen LogP contribution in [-0.2, 0) is 4.79 Å². The van der Waals surface area contributed by atoms with Crippen LogP contribution in [0.2, 0.25) is 5.02 Å². The number of hydrogen-bond acceptors (Lipinski definition) is 4. The van der Waals surface area contributed by atoms with Crippen molar-refractivity contribution < 1.29 is 4.79 Å². The van der Waals surface area contributed by atoms with Crippen molar-refractivity contribution in [2.45, 2.75) is 20.3 Å². The molecule has 134 valence electrons. The third-order valence-electron chi connectivity index (χ3n) is 4.54. The van der Waals surface area contributed by atoms with E-state index in [1.165, 1.54) is 0 Å². The zero-order chi connectivity index (χ0) is 17.8. The van der Waals surface area contributed by atoms with Crippen LogP contribution in [0.15, 0.2) is 24.3 Å². The van der Waals surface area contributed by atoms with E-state index in [1.807, 2.05) is 32.0 Å². The number of carbonyl (C=O) groups is 1. The van der Waals surface area contributed by atoms with E-state index in [-0.39, 0.29) is 5.91 Å². The second-order valence-corrected chi connectivity index (χ2v) is 6.83. The number of para-hydroxylation sites is 1. The van der Waals surface area contributed by atoms with Gasteiger partial charge in [-0.3, -0.25) is 14.8 Å². The van der Waals surface area contributed by atoms with Crippen LogP contribution in [0.25, 0.3) is 0 Å². The second kappa shape index (κ2) is 7.89. The smallest absolute Gasteiger partial charge is 0.238 e. The topological polar surface area (TPSA) is 64.3 Å². The molecule has 2 N–H and O–H groups in total. The number of H-pyrrole nitrogens is 1. The van der Waals surface area contributed by atoms with E-state index in [9.17, 15) is 4.79 Å². The number of nitrogens with one attached hydrogen (secondary N) is 2. The lowest BCUT2D eigenvalue weighted by Crippen LogP contribution is -2.36. The molecule has 1 aromatic carbocycles. The number of rotatable bonds is 4. The van der Waals surface area contributed by atoms with Crippen LogP contribution in [0, 0.1) is 13.8 Å². The SMILES string of the molecule is Cc1n[nH]c(C)c1NC(=O)CN1CCCN(c2ccccc2Cl)CC1. The average molecular weight is 362 g/mol. The Hall–Kier alpha value is -2.05. The molecule has 2 heterocycles. The normalized spacial score (nSPS) is 15.9. The molecule has 3 rings (SSSR count). The van der Waals surface area contributed by atoms with Gasteiger partial charge in [-0.05, 0) is 32.4 Å². The maximum absolute atomic E-state index is 12.4. The molecule has 0 bridgehead atoms. The van der Waals surface area contributed by atoms with Crippen LogP contribution >= 0.6 is 11.6 Å². The van der Waals surface area contributed by atoms with Gasteiger partial charge in [0.05, 0.1) is 34.3 Å². The summed E-state index contributed by atoms with van der Waals surface area (Å²) in [5, 5.41) is 10.7. The van der Waals surface area contributed by atoms with Gasteiger partial charge in [0.25, 0.3) is 0 Å². The van der Waals surface area contributed by atoms with Gasteiger partial charge in [0.1, 0.15) is 0 Å². The van der Waals surface area contributed by atoms with Crippen molar-refractivity contribution in [3.8, 4) is 0 Å². The average Bonchev–Trinajstić information content (AvgIpc) is 2.78. The lowest BCUT2D eigenvalue weighted by atomic mass is 10.2. The van der Waals surface area contributed by atoms with Crippen LogP contribution in [0.5, 0.6) is 0 Å². The molecule has 7 heteroatoms. The number of anilines is 2. The minimum atomic E-state index is -0.00112. The molecule has 25 heavy (non-hydrogen) atoms. The number of halogens is 1. The summed E-state index contributed by atoms with van der Waals surface area (Å²) in [6.07, 6.45) is 1.00. The molecular weight excluding hydrogens is 338 g/mol. The quantitative estimate of drug-likeness (QED) is 0.879. The maximum atomic E-state index is 12.4. The van der Waals surface area contributed by atoms with E-state index in [0.29, 0.717) is 6.54 Å². The first-order valence-electron chi connectivity index (χ1n) is 8.58. The number of aromatic amines is 1. The van der Waals surface area contributed by atoms with Crippen LogP contribution in [0.3, 0.4) is 0 Å². The van der Waals surface area contributed by atoms with Crippen molar-refractivity contribution >= 4 is 28.9 Å². The van der Waals surface area contributed by atoms with Crippen LogP contribution in [-0.4, -0.2) is 53.7 Å². The molecule has 1 aliphatic rings. The first-order chi connectivity index (χ1) is 12.0. The van der Waals surface area contributed by atoms with Gasteiger partial charge in [-0.15, -0.1) is 0 Å². The summed E-state index contributed by atoms with van der Waals surface area (Å²) < 4.78 is 0. The van der Waals surface area contributed by atoms with Crippen LogP contribution < -0.4 is 10.2 Å². The predicted molar refractivity (Wildman–Crippen MR) is 101 cm³/mol. The Bertz CT molecular complexity index is 725. The molecule has 2 aromatic rings. The number of benzene rings is 1. The Balaban J connectivity index is 1.56. The van der Waals surface area contributed by atoms with Gasteiger partial charge in [-0.1, -0.05) is 23.7 Å². The molecule has 1 fully saturated rings. The van der Waals surface area contributed by atoms with Crippen molar-refractivity contribution in [1.29, 1.82) is 0 Å². The first kappa shape index (κ1) is 17.8. The van der Waals surface area contributed by atoms with Gasteiger partial charge >= 0.3 is 0 Å². The van der Waals surface area contributed by atoms with Gasteiger partial charge in [-0.25, -0.2) is 0 Å². The highest BCUT2D eigenvalue weighted by molar-refractivity contribution is 6.33. The summed E-state index contributed by atoms with van der Waals surface area (Å²) in [5.41, 5.74) is 3.55. The predicted octanol–water partition coefficient (Wildman–Crippen LogP) is 2.83. The number of hydrogen-bond donors (Lipinski definition) is 2. The minimum absolute atomic E-state index is 0.00112. The molecule has 0 radical (unpaired) electrons. The molecule has 0 aliphatic carbocycles. The summed E-state index contributed by atoms with van der Waals surface area (Å²) in [7, 11) is 0. The Kier molecular flexibility index (Phi) is 5.60. The Labute approximate surface area is 153 Å². The summed E-state index contributed by atoms with van der Waals surface area (Å²) in [6.45, 7) is 7.72. The van der Waals surface area contributed by atoms with Crippen LogP contribution in [0.4, 0.5) is 11.4 Å². The van der Waals surface area contributed by atoms with Gasteiger partial charge in [0, 0.05) is 26.2 Å². The molecular formula is C18H24ClN5O. The third kappa shape index (κ3) is 4.32. The minimum Gasteiger partial charge on any atom is -0.369 e. The molecule has 1 saturated heterocycles. The zero-order valence-corrected chi connectivity index (χ0v) is 15.4. The molecule has 6 nitrogen and oxygen atoms in total. The fourth-order valence-electron chi connectivity index (χ4n) is 3.20. The van der Waals surface area contributed by atoms with Crippen LogP contribution in [0.1, 0.15) is 17.8 Å². The first-order valence-corrected chi connectivity index (χ1v) is 8.95. The molecule has 0 spiro atoms. The van der Waals surface area contributed by atoms with Crippen molar-refractivity contribution in [2.24, 2.45) is 0 Å². The highest BCUT2D eigenvalue weighted by Crippen LogP contribution is 2.26. The molecule has 1 aliphatic heterocycles. The molecule has 0 unspecified atom stereocenters. The second-order valence-electron chi connectivity index (χ2n) is 6.43. The van der Waals surface area contributed by atoms with Gasteiger partial charge < -0.3 is 10.2 Å².